The molecule has 5 nitrogen and oxygen atoms in total. The van der Waals surface area contributed by atoms with Gasteiger partial charge in [-0.25, -0.2) is 4.68 Å². The van der Waals surface area contributed by atoms with E-state index >= 15 is 0 Å². The van der Waals surface area contributed by atoms with Crippen molar-refractivity contribution in [2.24, 2.45) is 0 Å². The van der Waals surface area contributed by atoms with Crippen LogP contribution in [0, 0.1) is 0 Å². The molecule has 0 atom stereocenters. The summed E-state index contributed by atoms with van der Waals surface area (Å²) in [5, 5.41) is 7.23. The zero-order chi connectivity index (χ0) is 16.2. The van der Waals surface area contributed by atoms with Gasteiger partial charge in [-0.2, -0.15) is 5.10 Å². The lowest BCUT2D eigenvalue weighted by Crippen LogP contribution is -2.32. The fourth-order valence-corrected chi connectivity index (χ4v) is 3.13. The predicted molar refractivity (Wildman–Crippen MR) is 91.1 cm³/mol. The van der Waals surface area contributed by atoms with Crippen molar-refractivity contribution in [2.45, 2.75) is 30.7 Å². The number of carbonyl (C=O) groups excluding carboxylic acids is 1. The number of hydrogen-bond donors (Lipinski definition) is 1. The molecule has 1 N–H and O–H groups in total. The number of fused-ring (bicyclic) bond motifs is 1. The van der Waals surface area contributed by atoms with Crippen LogP contribution in [0.2, 0.25) is 0 Å². The standard InChI is InChI=1S/C17H19N3O2S/c1-23-14-7-5-12(6-8-14)17(22)18-9-10-20-16(21)11-13-3-2-4-15(13)19-20/h5-8,11H,2-4,9-10H2,1H3,(H,18,22). The molecule has 0 unspecified atom stereocenters. The Hall–Kier alpha value is -2.08. The molecule has 1 aromatic heterocycles. The molecule has 1 aromatic carbocycles. The fraction of sp³-hybridized carbons (Fsp3) is 0.353. The van der Waals surface area contributed by atoms with E-state index in [1.54, 1.807) is 30.0 Å². The summed E-state index contributed by atoms with van der Waals surface area (Å²) in [6, 6.07) is 9.14. The van der Waals surface area contributed by atoms with Gasteiger partial charge in [-0.1, -0.05) is 0 Å². The number of aromatic nitrogens is 2. The van der Waals surface area contributed by atoms with Gasteiger partial charge >= 0.3 is 0 Å². The molecule has 1 aliphatic rings. The van der Waals surface area contributed by atoms with E-state index in [1.807, 2.05) is 18.4 Å². The van der Waals surface area contributed by atoms with Crippen molar-refractivity contribution in [3.8, 4) is 0 Å². The molecule has 0 bridgehead atoms. The Bertz CT molecular complexity index is 768. The summed E-state index contributed by atoms with van der Waals surface area (Å²) in [5.41, 5.74) is 2.62. The van der Waals surface area contributed by atoms with Crippen LogP contribution in [-0.4, -0.2) is 28.5 Å². The van der Waals surface area contributed by atoms with E-state index in [0.717, 1.165) is 35.4 Å². The Morgan fingerprint density at radius 3 is 2.83 bits per heavy atom. The molecule has 0 saturated carbocycles. The molecule has 1 heterocycles. The van der Waals surface area contributed by atoms with Crippen LogP contribution in [0.5, 0.6) is 0 Å². The lowest BCUT2D eigenvalue weighted by Gasteiger charge is -2.08. The average Bonchev–Trinajstić information content (AvgIpc) is 3.02. The van der Waals surface area contributed by atoms with E-state index in [0.29, 0.717) is 18.7 Å². The minimum atomic E-state index is -0.133. The molecule has 2 aromatic rings. The predicted octanol–water partition coefficient (Wildman–Crippen LogP) is 1.88. The maximum absolute atomic E-state index is 12.1. The van der Waals surface area contributed by atoms with Gasteiger partial charge in [0, 0.05) is 23.1 Å². The fourth-order valence-electron chi connectivity index (χ4n) is 2.72. The summed E-state index contributed by atoms with van der Waals surface area (Å²) < 4.78 is 1.45. The highest BCUT2D eigenvalue weighted by Gasteiger charge is 2.14. The first-order chi connectivity index (χ1) is 11.2. The third-order valence-corrected chi connectivity index (χ3v) is 4.73. The highest BCUT2D eigenvalue weighted by atomic mass is 32.2. The monoisotopic (exact) mass is 329 g/mol. The highest BCUT2D eigenvalue weighted by Crippen LogP contribution is 2.17. The van der Waals surface area contributed by atoms with Crippen molar-refractivity contribution in [1.29, 1.82) is 0 Å². The molecule has 0 saturated heterocycles. The molecule has 23 heavy (non-hydrogen) atoms. The Kier molecular flexibility index (Phi) is 4.81. The summed E-state index contributed by atoms with van der Waals surface area (Å²) in [4.78, 5) is 25.2. The molecule has 0 fully saturated rings. The van der Waals surface area contributed by atoms with E-state index in [4.69, 9.17) is 0 Å². The third-order valence-electron chi connectivity index (χ3n) is 3.99. The van der Waals surface area contributed by atoms with Crippen LogP contribution >= 0.6 is 11.8 Å². The van der Waals surface area contributed by atoms with Crippen LogP contribution in [0.25, 0.3) is 0 Å². The van der Waals surface area contributed by atoms with Gasteiger partial charge in [0.2, 0.25) is 0 Å². The third kappa shape index (κ3) is 3.64. The normalized spacial score (nSPS) is 12.9. The second-order valence-electron chi connectivity index (χ2n) is 5.52. The lowest BCUT2D eigenvalue weighted by molar-refractivity contribution is 0.0951. The number of benzene rings is 1. The summed E-state index contributed by atoms with van der Waals surface area (Å²) >= 11 is 1.64. The van der Waals surface area contributed by atoms with Crippen molar-refractivity contribution in [1.82, 2.24) is 15.1 Å². The molecule has 6 heteroatoms. The van der Waals surface area contributed by atoms with Crippen molar-refractivity contribution in [2.75, 3.05) is 12.8 Å². The molecule has 0 aliphatic heterocycles. The number of aryl methyl sites for hydroxylation is 2. The zero-order valence-electron chi connectivity index (χ0n) is 13.0. The van der Waals surface area contributed by atoms with Gasteiger partial charge in [-0.15, -0.1) is 11.8 Å². The van der Waals surface area contributed by atoms with E-state index in [2.05, 4.69) is 10.4 Å². The van der Waals surface area contributed by atoms with E-state index in [-0.39, 0.29) is 11.5 Å². The summed E-state index contributed by atoms with van der Waals surface area (Å²) in [6.07, 6.45) is 4.94. The summed E-state index contributed by atoms with van der Waals surface area (Å²) in [6.45, 7) is 0.773. The minimum Gasteiger partial charge on any atom is -0.350 e. The maximum atomic E-state index is 12.1. The van der Waals surface area contributed by atoms with Crippen molar-refractivity contribution < 1.29 is 4.79 Å². The molecule has 1 amide bonds. The van der Waals surface area contributed by atoms with Crippen LogP contribution in [0.4, 0.5) is 0 Å². The Labute approximate surface area is 139 Å². The van der Waals surface area contributed by atoms with Gasteiger partial charge in [0.15, 0.2) is 0 Å². The van der Waals surface area contributed by atoms with Crippen molar-refractivity contribution in [3.05, 3.63) is 57.5 Å². The van der Waals surface area contributed by atoms with Crippen LogP contribution in [0.1, 0.15) is 28.0 Å². The molecule has 120 valence electrons. The second-order valence-corrected chi connectivity index (χ2v) is 6.40. The van der Waals surface area contributed by atoms with Gasteiger partial charge < -0.3 is 5.32 Å². The molecular formula is C17H19N3O2S. The molecule has 0 spiro atoms. The first-order valence-electron chi connectivity index (χ1n) is 7.69. The van der Waals surface area contributed by atoms with Crippen LogP contribution in [0.3, 0.4) is 0 Å². The van der Waals surface area contributed by atoms with E-state index in [1.165, 1.54) is 4.68 Å². The second kappa shape index (κ2) is 7.00. The van der Waals surface area contributed by atoms with Crippen LogP contribution in [0.15, 0.2) is 40.0 Å². The van der Waals surface area contributed by atoms with Gasteiger partial charge in [0.25, 0.3) is 11.5 Å². The minimum absolute atomic E-state index is 0.0933. The number of nitrogens with one attached hydrogen (secondary N) is 1. The Morgan fingerprint density at radius 2 is 2.09 bits per heavy atom. The highest BCUT2D eigenvalue weighted by molar-refractivity contribution is 7.98. The number of nitrogens with zero attached hydrogens (tertiary/aromatic N) is 2. The Morgan fingerprint density at radius 1 is 1.30 bits per heavy atom. The number of carbonyl (C=O) groups is 1. The Balaban J connectivity index is 1.58. The number of hydrogen-bond acceptors (Lipinski definition) is 4. The number of amides is 1. The van der Waals surface area contributed by atoms with Crippen LogP contribution in [-0.2, 0) is 19.4 Å². The number of rotatable bonds is 5. The molecular weight excluding hydrogens is 310 g/mol. The first kappa shape index (κ1) is 15.8. The smallest absolute Gasteiger partial charge is 0.267 e. The quantitative estimate of drug-likeness (QED) is 0.851. The molecule has 0 radical (unpaired) electrons. The molecule has 1 aliphatic carbocycles. The van der Waals surface area contributed by atoms with Gasteiger partial charge in [0.1, 0.15) is 0 Å². The summed E-state index contributed by atoms with van der Waals surface area (Å²) in [7, 11) is 0. The zero-order valence-corrected chi connectivity index (χ0v) is 13.9. The topological polar surface area (TPSA) is 64.0 Å². The molecule has 3 rings (SSSR count). The average molecular weight is 329 g/mol. The lowest BCUT2D eigenvalue weighted by atomic mass is 10.2. The van der Waals surface area contributed by atoms with E-state index < -0.39 is 0 Å². The number of thioether (sulfide) groups is 1. The van der Waals surface area contributed by atoms with Crippen LogP contribution < -0.4 is 10.9 Å². The first-order valence-corrected chi connectivity index (χ1v) is 8.92. The summed E-state index contributed by atoms with van der Waals surface area (Å²) in [5.74, 6) is -0.133. The van der Waals surface area contributed by atoms with Gasteiger partial charge in [0.05, 0.1) is 12.2 Å². The largest absolute Gasteiger partial charge is 0.350 e. The van der Waals surface area contributed by atoms with Gasteiger partial charge in [-0.3, -0.25) is 9.59 Å². The maximum Gasteiger partial charge on any atom is 0.267 e. The van der Waals surface area contributed by atoms with Gasteiger partial charge in [-0.05, 0) is 55.3 Å². The SMILES string of the molecule is CSc1ccc(C(=O)NCCn2nc3c(cc2=O)CCC3)cc1. The van der Waals surface area contributed by atoms with Crippen molar-refractivity contribution >= 4 is 17.7 Å². The van der Waals surface area contributed by atoms with Crippen molar-refractivity contribution in [3.63, 3.8) is 0 Å². The van der Waals surface area contributed by atoms with E-state index in [9.17, 15) is 9.59 Å².